The molecule has 0 aromatic carbocycles. The Labute approximate surface area is 149 Å². The maximum atomic E-state index is 12.5. The van der Waals surface area contributed by atoms with E-state index in [-0.39, 0.29) is 12.1 Å². The van der Waals surface area contributed by atoms with Crippen molar-refractivity contribution in [2.24, 2.45) is 0 Å². The minimum Gasteiger partial charge on any atom is -0.359 e. The summed E-state index contributed by atoms with van der Waals surface area (Å²) in [5.41, 5.74) is 1.55. The first-order valence-electron chi connectivity index (χ1n) is 9.98. The van der Waals surface area contributed by atoms with Crippen molar-refractivity contribution in [2.75, 3.05) is 18.4 Å². The van der Waals surface area contributed by atoms with E-state index in [2.05, 4.69) is 20.7 Å². The zero-order valence-corrected chi connectivity index (χ0v) is 15.2. The fourth-order valence-electron chi connectivity index (χ4n) is 4.40. The van der Waals surface area contributed by atoms with Crippen molar-refractivity contribution in [3.63, 3.8) is 0 Å². The Morgan fingerprint density at radius 3 is 2.68 bits per heavy atom. The third-order valence-electron chi connectivity index (χ3n) is 5.95. The molecule has 1 saturated heterocycles. The highest BCUT2D eigenvalue weighted by Gasteiger charge is 2.33. The number of amides is 2. The zero-order valence-electron chi connectivity index (χ0n) is 15.2. The summed E-state index contributed by atoms with van der Waals surface area (Å²) in [5, 5.41) is 10.2. The third-order valence-corrected chi connectivity index (χ3v) is 5.95. The highest BCUT2D eigenvalue weighted by Crippen LogP contribution is 2.44. The summed E-state index contributed by atoms with van der Waals surface area (Å²) in [6.45, 7) is 4.05. The number of aryl methyl sites for hydroxylation is 1. The summed E-state index contributed by atoms with van der Waals surface area (Å²) in [4.78, 5) is 15.1. The lowest BCUT2D eigenvalue weighted by atomic mass is 9.92. The molecule has 6 heteroatoms. The molecule has 1 aromatic rings. The first-order valence-corrected chi connectivity index (χ1v) is 9.98. The van der Waals surface area contributed by atoms with Crippen LogP contribution in [0.25, 0.3) is 0 Å². The van der Waals surface area contributed by atoms with Crippen LogP contribution in [-0.2, 0) is 0 Å². The predicted molar refractivity (Wildman–Crippen MR) is 96.8 cm³/mol. The molecule has 3 aliphatic rings. The smallest absolute Gasteiger partial charge is 0.319 e. The van der Waals surface area contributed by atoms with Crippen molar-refractivity contribution in [3.8, 4) is 0 Å². The number of carbonyl (C=O) groups excluding carboxylic acids is 1. The SMILES string of the molecule is Cc1noc(C2CC2)c1NC(=O)N[C@H]1CCCN(C2CCCCC2)C1. The Morgan fingerprint density at radius 2 is 1.92 bits per heavy atom. The van der Waals surface area contributed by atoms with E-state index in [4.69, 9.17) is 4.52 Å². The van der Waals surface area contributed by atoms with Gasteiger partial charge in [0.2, 0.25) is 0 Å². The number of nitrogens with zero attached hydrogens (tertiary/aromatic N) is 2. The topological polar surface area (TPSA) is 70.4 Å². The molecule has 2 amide bonds. The molecule has 4 rings (SSSR count). The van der Waals surface area contributed by atoms with Crippen LogP contribution < -0.4 is 10.6 Å². The molecule has 0 radical (unpaired) electrons. The molecule has 2 heterocycles. The quantitative estimate of drug-likeness (QED) is 0.870. The second-order valence-corrected chi connectivity index (χ2v) is 8.01. The fraction of sp³-hybridized carbons (Fsp3) is 0.789. The van der Waals surface area contributed by atoms with Crippen LogP contribution in [0.1, 0.15) is 75.2 Å². The van der Waals surface area contributed by atoms with Crippen LogP contribution in [-0.4, -0.2) is 41.3 Å². The van der Waals surface area contributed by atoms with Gasteiger partial charge in [0.25, 0.3) is 0 Å². The van der Waals surface area contributed by atoms with Gasteiger partial charge >= 0.3 is 6.03 Å². The van der Waals surface area contributed by atoms with Gasteiger partial charge in [-0.05, 0) is 52.0 Å². The zero-order chi connectivity index (χ0) is 17.2. The molecule has 138 valence electrons. The largest absolute Gasteiger partial charge is 0.359 e. The van der Waals surface area contributed by atoms with Gasteiger partial charge in [0.1, 0.15) is 11.4 Å². The van der Waals surface area contributed by atoms with Gasteiger partial charge < -0.3 is 15.2 Å². The van der Waals surface area contributed by atoms with Gasteiger partial charge in [-0.3, -0.25) is 4.90 Å². The van der Waals surface area contributed by atoms with Crippen molar-refractivity contribution in [1.82, 2.24) is 15.4 Å². The summed E-state index contributed by atoms with van der Waals surface area (Å²) >= 11 is 0. The Kier molecular flexibility index (Phi) is 4.97. The molecule has 1 atom stereocenters. The molecule has 6 nitrogen and oxygen atoms in total. The van der Waals surface area contributed by atoms with Gasteiger partial charge in [0.05, 0.1) is 0 Å². The van der Waals surface area contributed by atoms with Crippen LogP contribution in [0.2, 0.25) is 0 Å². The normalized spacial score (nSPS) is 25.7. The van der Waals surface area contributed by atoms with Gasteiger partial charge in [0, 0.05) is 24.5 Å². The Hall–Kier alpha value is -1.56. The van der Waals surface area contributed by atoms with Crippen molar-refractivity contribution >= 4 is 11.7 Å². The van der Waals surface area contributed by atoms with E-state index in [0.717, 1.165) is 49.0 Å². The van der Waals surface area contributed by atoms with E-state index < -0.39 is 0 Å². The van der Waals surface area contributed by atoms with E-state index in [1.165, 1.54) is 45.1 Å². The van der Waals surface area contributed by atoms with Crippen LogP contribution in [0.3, 0.4) is 0 Å². The van der Waals surface area contributed by atoms with Crippen molar-refractivity contribution in [1.29, 1.82) is 0 Å². The number of piperidine rings is 1. The van der Waals surface area contributed by atoms with Crippen LogP contribution >= 0.6 is 0 Å². The molecule has 3 fully saturated rings. The Balaban J connectivity index is 1.32. The summed E-state index contributed by atoms with van der Waals surface area (Å²) < 4.78 is 5.41. The maximum absolute atomic E-state index is 12.5. The summed E-state index contributed by atoms with van der Waals surface area (Å²) in [6.07, 6.45) is 11.2. The summed E-state index contributed by atoms with van der Waals surface area (Å²) in [7, 11) is 0. The fourth-order valence-corrected chi connectivity index (χ4v) is 4.40. The minimum atomic E-state index is -0.122. The second-order valence-electron chi connectivity index (χ2n) is 8.01. The van der Waals surface area contributed by atoms with Crippen molar-refractivity contribution in [2.45, 2.75) is 82.7 Å². The van der Waals surface area contributed by atoms with E-state index in [0.29, 0.717) is 5.92 Å². The highest BCUT2D eigenvalue weighted by molar-refractivity contribution is 5.90. The molecule has 25 heavy (non-hydrogen) atoms. The number of urea groups is 1. The standard InChI is InChI=1S/C19H30N4O2/c1-13-17(18(25-22-13)14-9-10-14)21-19(24)20-15-6-5-11-23(12-15)16-7-3-2-4-8-16/h14-16H,2-12H2,1H3,(H2,20,21,24)/t15-/m0/s1. The van der Waals surface area contributed by atoms with Crippen molar-refractivity contribution < 1.29 is 9.32 Å². The van der Waals surface area contributed by atoms with Crippen LogP contribution in [0.15, 0.2) is 4.52 Å². The van der Waals surface area contributed by atoms with E-state index in [1.54, 1.807) is 0 Å². The molecule has 2 saturated carbocycles. The lowest BCUT2D eigenvalue weighted by Gasteiger charge is -2.40. The molecule has 0 bridgehead atoms. The average Bonchev–Trinajstić information content (AvgIpc) is 3.41. The van der Waals surface area contributed by atoms with Gasteiger partial charge in [-0.1, -0.05) is 24.4 Å². The predicted octanol–water partition coefficient (Wildman–Crippen LogP) is 3.78. The molecular formula is C19H30N4O2. The lowest BCUT2D eigenvalue weighted by molar-refractivity contribution is 0.113. The highest BCUT2D eigenvalue weighted by atomic mass is 16.5. The molecule has 1 aromatic heterocycles. The molecular weight excluding hydrogens is 316 g/mol. The second kappa shape index (κ2) is 7.36. The lowest BCUT2D eigenvalue weighted by Crippen LogP contribution is -2.52. The van der Waals surface area contributed by atoms with Crippen molar-refractivity contribution in [3.05, 3.63) is 11.5 Å². The first kappa shape index (κ1) is 16.9. The minimum absolute atomic E-state index is 0.122. The third kappa shape index (κ3) is 4.00. The first-order chi connectivity index (χ1) is 12.2. The number of hydrogen-bond donors (Lipinski definition) is 2. The monoisotopic (exact) mass is 346 g/mol. The Morgan fingerprint density at radius 1 is 1.12 bits per heavy atom. The van der Waals surface area contributed by atoms with E-state index in [1.807, 2.05) is 6.92 Å². The number of nitrogens with one attached hydrogen (secondary N) is 2. The van der Waals surface area contributed by atoms with E-state index >= 15 is 0 Å². The van der Waals surface area contributed by atoms with Crippen LogP contribution in [0, 0.1) is 6.92 Å². The summed E-state index contributed by atoms with van der Waals surface area (Å²) in [6, 6.07) is 0.840. The van der Waals surface area contributed by atoms with E-state index in [9.17, 15) is 4.79 Å². The molecule has 2 aliphatic carbocycles. The van der Waals surface area contributed by atoms with Gasteiger partial charge in [-0.25, -0.2) is 4.79 Å². The molecule has 0 spiro atoms. The molecule has 1 aliphatic heterocycles. The average molecular weight is 346 g/mol. The van der Waals surface area contributed by atoms with Gasteiger partial charge in [-0.2, -0.15) is 0 Å². The summed E-state index contributed by atoms with van der Waals surface area (Å²) in [5.74, 6) is 1.29. The number of anilines is 1. The molecule has 2 N–H and O–H groups in total. The number of aromatic nitrogens is 1. The number of likely N-dealkylation sites (tertiary alicyclic amines) is 1. The van der Waals surface area contributed by atoms with Crippen LogP contribution in [0.5, 0.6) is 0 Å². The number of rotatable bonds is 4. The van der Waals surface area contributed by atoms with Gasteiger partial charge in [0.15, 0.2) is 5.76 Å². The maximum Gasteiger partial charge on any atom is 0.319 e. The Bertz CT molecular complexity index is 605. The molecule has 0 unspecified atom stereocenters. The number of carbonyl (C=O) groups is 1. The van der Waals surface area contributed by atoms with Crippen LogP contribution in [0.4, 0.5) is 10.5 Å². The van der Waals surface area contributed by atoms with Gasteiger partial charge in [-0.15, -0.1) is 0 Å². The number of hydrogen-bond acceptors (Lipinski definition) is 4.